The van der Waals surface area contributed by atoms with Crippen LogP contribution in [-0.4, -0.2) is 12.5 Å². The summed E-state index contributed by atoms with van der Waals surface area (Å²) in [5.41, 5.74) is 0. The average molecular weight is 217 g/mol. The van der Waals surface area contributed by atoms with Crippen molar-refractivity contribution in [3.05, 3.63) is 12.2 Å². The van der Waals surface area contributed by atoms with E-state index in [0.717, 1.165) is 19.4 Å². The van der Waals surface area contributed by atoms with Crippen LogP contribution in [0, 0.1) is 29.6 Å². The van der Waals surface area contributed by atoms with Gasteiger partial charge >= 0.3 is 0 Å². The molecule has 0 aromatic rings. The summed E-state index contributed by atoms with van der Waals surface area (Å²) in [5, 5.41) is 2.81. The normalized spacial score (nSPS) is 9.25. The molecule has 0 rings (SSSR count). The van der Waals surface area contributed by atoms with Crippen LogP contribution >= 0.6 is 0 Å². The highest BCUT2D eigenvalue weighted by molar-refractivity contribution is 5.87. The van der Waals surface area contributed by atoms with Crippen molar-refractivity contribution in [2.24, 2.45) is 5.92 Å². The van der Waals surface area contributed by atoms with Gasteiger partial charge in [-0.3, -0.25) is 4.79 Å². The zero-order valence-electron chi connectivity index (χ0n) is 10.3. The van der Waals surface area contributed by atoms with E-state index in [0.29, 0.717) is 5.92 Å². The third-order valence-corrected chi connectivity index (χ3v) is 1.67. The van der Waals surface area contributed by atoms with E-state index in [4.69, 9.17) is 0 Å². The molecule has 86 valence electrons. The molecule has 0 atom stereocenters. The molecule has 0 aliphatic rings. The molecule has 16 heavy (non-hydrogen) atoms. The number of carbonyl (C=O) groups excluding carboxylic acids is 1. The first-order chi connectivity index (χ1) is 7.66. The molecule has 0 unspecified atom stereocenters. The Hall–Kier alpha value is -1.67. The van der Waals surface area contributed by atoms with Gasteiger partial charge in [-0.15, -0.1) is 0 Å². The number of rotatable bonds is 5. The van der Waals surface area contributed by atoms with Gasteiger partial charge in [0.1, 0.15) is 0 Å². The lowest BCUT2D eigenvalue weighted by Gasteiger charge is -2.03. The summed E-state index contributed by atoms with van der Waals surface area (Å²) < 4.78 is 0. The van der Waals surface area contributed by atoms with E-state index in [2.05, 4.69) is 42.8 Å². The van der Waals surface area contributed by atoms with Gasteiger partial charge < -0.3 is 5.32 Å². The summed E-state index contributed by atoms with van der Waals surface area (Å²) in [6.45, 7) is 6.60. The van der Waals surface area contributed by atoms with Crippen molar-refractivity contribution in [2.75, 3.05) is 6.54 Å². The van der Waals surface area contributed by atoms with Crippen molar-refractivity contribution < 1.29 is 4.79 Å². The predicted octanol–water partition coefficient (Wildman–Crippen LogP) is 2.12. The molecule has 0 saturated heterocycles. The van der Waals surface area contributed by atoms with E-state index in [9.17, 15) is 4.79 Å². The second-order valence-electron chi connectivity index (χ2n) is 3.76. The minimum Gasteiger partial charge on any atom is -0.352 e. The fourth-order valence-corrected chi connectivity index (χ4v) is 0.879. The molecule has 0 aliphatic carbocycles. The number of allylic oxidation sites excluding steroid dienone is 1. The maximum absolute atomic E-state index is 11.2. The Morgan fingerprint density at radius 3 is 2.75 bits per heavy atom. The molecular formula is C14H19NO. The molecule has 1 amide bonds. The van der Waals surface area contributed by atoms with Crippen molar-refractivity contribution in [3.63, 3.8) is 0 Å². The monoisotopic (exact) mass is 217 g/mol. The van der Waals surface area contributed by atoms with Gasteiger partial charge in [-0.1, -0.05) is 31.8 Å². The third kappa shape index (κ3) is 10.4. The van der Waals surface area contributed by atoms with Crippen LogP contribution in [0.25, 0.3) is 0 Å². The number of carbonyl (C=O) groups is 1. The highest BCUT2D eigenvalue weighted by Gasteiger charge is 1.96. The SMILES string of the molecule is CC#CC#CCC/C=C\C(=O)NCC(C)C. The van der Waals surface area contributed by atoms with E-state index < -0.39 is 0 Å². The Balaban J connectivity index is 3.64. The summed E-state index contributed by atoms with van der Waals surface area (Å²) in [7, 11) is 0. The minimum atomic E-state index is -0.0324. The van der Waals surface area contributed by atoms with Gasteiger partial charge in [0, 0.05) is 13.0 Å². The number of hydrogen-bond donors (Lipinski definition) is 1. The largest absolute Gasteiger partial charge is 0.352 e. The third-order valence-electron chi connectivity index (χ3n) is 1.67. The molecule has 0 bridgehead atoms. The van der Waals surface area contributed by atoms with E-state index >= 15 is 0 Å². The molecule has 2 nitrogen and oxygen atoms in total. The first-order valence-electron chi connectivity index (χ1n) is 5.50. The van der Waals surface area contributed by atoms with Crippen molar-refractivity contribution >= 4 is 5.91 Å². The van der Waals surface area contributed by atoms with Crippen molar-refractivity contribution in [1.29, 1.82) is 0 Å². The number of amides is 1. The highest BCUT2D eigenvalue weighted by atomic mass is 16.1. The van der Waals surface area contributed by atoms with Crippen LogP contribution in [0.3, 0.4) is 0 Å². The van der Waals surface area contributed by atoms with Gasteiger partial charge in [0.05, 0.1) is 0 Å². The maximum atomic E-state index is 11.2. The first kappa shape index (κ1) is 14.3. The number of unbranched alkanes of at least 4 members (excludes halogenated alkanes) is 1. The maximum Gasteiger partial charge on any atom is 0.243 e. The van der Waals surface area contributed by atoms with Crippen molar-refractivity contribution in [2.45, 2.75) is 33.6 Å². The summed E-state index contributed by atoms with van der Waals surface area (Å²) in [5.74, 6) is 11.4. The average Bonchev–Trinajstić information content (AvgIpc) is 2.25. The quantitative estimate of drug-likeness (QED) is 0.426. The lowest BCUT2D eigenvalue weighted by molar-refractivity contribution is -0.116. The molecule has 2 heteroatoms. The Morgan fingerprint density at radius 1 is 1.38 bits per heavy atom. The molecule has 0 heterocycles. The summed E-state index contributed by atoms with van der Waals surface area (Å²) in [4.78, 5) is 11.2. The molecular weight excluding hydrogens is 198 g/mol. The summed E-state index contributed by atoms with van der Waals surface area (Å²) in [6.07, 6.45) is 4.93. The Kier molecular flexibility index (Phi) is 8.84. The molecule has 0 aromatic carbocycles. The summed E-state index contributed by atoms with van der Waals surface area (Å²) in [6, 6.07) is 0. The predicted molar refractivity (Wildman–Crippen MR) is 67.4 cm³/mol. The number of nitrogens with one attached hydrogen (secondary N) is 1. The number of hydrogen-bond acceptors (Lipinski definition) is 1. The second-order valence-corrected chi connectivity index (χ2v) is 3.76. The molecule has 0 aromatic heterocycles. The van der Waals surface area contributed by atoms with Gasteiger partial charge in [0.2, 0.25) is 5.91 Å². The molecule has 0 fully saturated rings. The molecule has 0 radical (unpaired) electrons. The van der Waals surface area contributed by atoms with E-state index in [-0.39, 0.29) is 5.91 Å². The van der Waals surface area contributed by atoms with Gasteiger partial charge in [-0.25, -0.2) is 0 Å². The van der Waals surface area contributed by atoms with Crippen molar-refractivity contribution in [1.82, 2.24) is 5.32 Å². The lowest BCUT2D eigenvalue weighted by Crippen LogP contribution is -2.25. The van der Waals surface area contributed by atoms with E-state index in [1.54, 1.807) is 13.0 Å². The van der Waals surface area contributed by atoms with Crippen LogP contribution in [0.1, 0.15) is 33.6 Å². The van der Waals surface area contributed by atoms with E-state index in [1.165, 1.54) is 0 Å². The van der Waals surface area contributed by atoms with E-state index in [1.807, 2.05) is 6.08 Å². The van der Waals surface area contributed by atoms with Crippen LogP contribution < -0.4 is 5.32 Å². The molecule has 0 saturated carbocycles. The fourth-order valence-electron chi connectivity index (χ4n) is 0.879. The topological polar surface area (TPSA) is 29.1 Å². The van der Waals surface area contributed by atoms with Crippen LogP contribution in [0.5, 0.6) is 0 Å². The zero-order valence-corrected chi connectivity index (χ0v) is 10.3. The molecule has 0 aliphatic heterocycles. The lowest BCUT2D eigenvalue weighted by atomic mass is 10.2. The van der Waals surface area contributed by atoms with Crippen LogP contribution in [-0.2, 0) is 4.79 Å². The van der Waals surface area contributed by atoms with Gasteiger partial charge in [0.15, 0.2) is 0 Å². The Labute approximate surface area is 98.5 Å². The van der Waals surface area contributed by atoms with Gasteiger partial charge in [-0.05, 0) is 37.2 Å². The molecule has 0 spiro atoms. The Bertz CT molecular complexity index is 344. The standard InChI is InChI=1S/C14H19NO/c1-4-5-6-7-8-9-10-11-14(16)15-12-13(2)3/h10-11,13H,8-9,12H2,1-3H3,(H,15,16)/b11-10-. The smallest absolute Gasteiger partial charge is 0.243 e. The highest BCUT2D eigenvalue weighted by Crippen LogP contribution is 1.90. The van der Waals surface area contributed by atoms with Crippen LogP contribution in [0.2, 0.25) is 0 Å². The van der Waals surface area contributed by atoms with Crippen LogP contribution in [0.15, 0.2) is 12.2 Å². The summed E-state index contributed by atoms with van der Waals surface area (Å²) >= 11 is 0. The van der Waals surface area contributed by atoms with Gasteiger partial charge in [-0.2, -0.15) is 0 Å². The molecule has 1 N–H and O–H groups in total. The zero-order chi connectivity index (χ0) is 12.2. The van der Waals surface area contributed by atoms with Crippen molar-refractivity contribution in [3.8, 4) is 23.7 Å². The fraction of sp³-hybridized carbons (Fsp3) is 0.500. The van der Waals surface area contributed by atoms with Gasteiger partial charge in [0.25, 0.3) is 0 Å². The first-order valence-corrected chi connectivity index (χ1v) is 5.50. The minimum absolute atomic E-state index is 0.0324. The van der Waals surface area contributed by atoms with Crippen LogP contribution in [0.4, 0.5) is 0 Å². The second kappa shape index (κ2) is 9.87. The Morgan fingerprint density at radius 2 is 2.12 bits per heavy atom.